The van der Waals surface area contributed by atoms with Crippen LogP contribution >= 0.6 is 12.6 Å². The maximum absolute atomic E-state index is 13.5. The first-order valence-electron chi connectivity index (χ1n) is 12.5. The number of thiol groups is 1. The van der Waals surface area contributed by atoms with Crippen LogP contribution in [0.2, 0.25) is 0 Å². The van der Waals surface area contributed by atoms with Gasteiger partial charge in [0.05, 0.1) is 10.9 Å². The van der Waals surface area contributed by atoms with Crippen molar-refractivity contribution in [1.29, 1.82) is 0 Å². The lowest BCUT2D eigenvalue weighted by atomic mass is 9.95. The van der Waals surface area contributed by atoms with Gasteiger partial charge in [-0.15, -0.1) is 12.6 Å². The molecule has 0 spiro atoms. The number of piperazine rings is 1. The Hall–Kier alpha value is -2.57. The molecule has 4 rings (SSSR count). The first kappa shape index (κ1) is 29.4. The molecule has 39 heavy (non-hydrogen) atoms. The molecule has 1 saturated heterocycles. The zero-order valence-electron chi connectivity index (χ0n) is 21.7. The van der Waals surface area contributed by atoms with Crippen molar-refractivity contribution in [3.8, 4) is 0 Å². The average Bonchev–Trinajstić information content (AvgIpc) is 2.89. The van der Waals surface area contributed by atoms with Crippen LogP contribution < -0.4 is 4.90 Å². The van der Waals surface area contributed by atoms with Crippen LogP contribution in [0.15, 0.2) is 88.7 Å². The van der Waals surface area contributed by atoms with E-state index >= 15 is 0 Å². The summed E-state index contributed by atoms with van der Waals surface area (Å²) in [6.07, 6.45) is -4.82. The highest BCUT2D eigenvalue weighted by Crippen LogP contribution is 2.39. The van der Waals surface area contributed by atoms with E-state index in [4.69, 9.17) is 0 Å². The summed E-state index contributed by atoms with van der Waals surface area (Å²) in [7, 11) is -1.86. The molecule has 1 heterocycles. The Morgan fingerprint density at radius 3 is 2.21 bits per heavy atom. The van der Waals surface area contributed by atoms with E-state index in [-0.39, 0.29) is 29.6 Å². The third-order valence-corrected chi connectivity index (χ3v) is 9.52. The molecule has 1 N–H and O–H groups in total. The number of rotatable bonds is 8. The van der Waals surface area contributed by atoms with E-state index < -0.39 is 21.8 Å². The summed E-state index contributed by atoms with van der Waals surface area (Å²) in [6, 6.07) is 21.8. The van der Waals surface area contributed by atoms with Gasteiger partial charge in [-0.3, -0.25) is 0 Å². The van der Waals surface area contributed by atoms with Crippen molar-refractivity contribution in [2.75, 3.05) is 38.1 Å². The highest BCUT2D eigenvalue weighted by Gasteiger charge is 2.51. The molecule has 1 fully saturated rings. The van der Waals surface area contributed by atoms with Gasteiger partial charge in [0.2, 0.25) is 10.0 Å². The number of alkyl halides is 3. The van der Waals surface area contributed by atoms with Crippen LogP contribution in [0.5, 0.6) is 0 Å². The normalized spacial score (nSPS) is 18.8. The third kappa shape index (κ3) is 6.44. The number of hydrogen-bond donors (Lipinski definition) is 2. The highest BCUT2D eigenvalue weighted by atomic mass is 32.2. The van der Waals surface area contributed by atoms with E-state index in [1.54, 1.807) is 30.3 Å². The number of aliphatic hydroxyl groups is 1. The predicted octanol–water partition coefficient (Wildman–Crippen LogP) is 4.76. The zero-order chi connectivity index (χ0) is 28.4. The Morgan fingerprint density at radius 1 is 0.974 bits per heavy atom. The van der Waals surface area contributed by atoms with Gasteiger partial charge >= 0.3 is 6.18 Å². The van der Waals surface area contributed by atoms with E-state index in [2.05, 4.69) is 17.5 Å². The number of likely N-dealkylation sites (N-methyl/N-ethyl adjacent to an activating group) is 1. The maximum Gasteiger partial charge on any atom is 0.421 e. The average molecular weight is 580 g/mol. The fourth-order valence-electron chi connectivity index (χ4n) is 4.82. The maximum atomic E-state index is 13.5. The Morgan fingerprint density at radius 2 is 1.59 bits per heavy atom. The van der Waals surface area contributed by atoms with Crippen molar-refractivity contribution >= 4 is 28.3 Å². The summed E-state index contributed by atoms with van der Waals surface area (Å²) in [5.41, 5.74) is -1.48. The summed E-state index contributed by atoms with van der Waals surface area (Å²) in [5, 5.41) is 10.1. The second-order valence-corrected chi connectivity index (χ2v) is 12.4. The van der Waals surface area contributed by atoms with Crippen LogP contribution in [0.1, 0.15) is 18.1 Å². The second kappa shape index (κ2) is 11.5. The molecular weight excluding hydrogens is 547 g/mol. The SMILES string of the molecule is CN(Cc1ccccc1)C[C@@H]1CN(S(=O)(=O)c2ccccc2S)CCN1c1ccc([C@@](C)(O)C(F)(F)F)cc1. The lowest BCUT2D eigenvalue weighted by Gasteiger charge is -2.43. The minimum Gasteiger partial charge on any atom is -0.376 e. The number of sulfonamides is 1. The van der Waals surface area contributed by atoms with Crippen LogP contribution in [-0.4, -0.2) is 68.2 Å². The van der Waals surface area contributed by atoms with Gasteiger partial charge in [0.15, 0.2) is 5.60 Å². The smallest absolute Gasteiger partial charge is 0.376 e. The quantitative estimate of drug-likeness (QED) is 0.377. The minimum absolute atomic E-state index is 0.136. The monoisotopic (exact) mass is 579 g/mol. The molecule has 0 aliphatic carbocycles. The van der Waals surface area contributed by atoms with E-state index in [9.17, 15) is 26.7 Å². The molecule has 0 saturated carbocycles. The third-order valence-electron chi connectivity index (χ3n) is 7.06. The van der Waals surface area contributed by atoms with E-state index in [0.717, 1.165) is 12.5 Å². The van der Waals surface area contributed by atoms with E-state index in [1.807, 2.05) is 42.3 Å². The molecular formula is C28H32F3N3O3S2. The number of hydrogen-bond acceptors (Lipinski definition) is 6. The van der Waals surface area contributed by atoms with Crippen molar-refractivity contribution in [2.24, 2.45) is 0 Å². The summed E-state index contributed by atoms with van der Waals surface area (Å²) in [6.45, 7) is 2.60. The highest BCUT2D eigenvalue weighted by molar-refractivity contribution is 7.90. The lowest BCUT2D eigenvalue weighted by molar-refractivity contribution is -0.258. The molecule has 3 aromatic rings. The number of halogens is 3. The summed E-state index contributed by atoms with van der Waals surface area (Å²) in [5.74, 6) is 0. The van der Waals surface area contributed by atoms with E-state index in [0.29, 0.717) is 30.2 Å². The molecule has 210 valence electrons. The predicted molar refractivity (Wildman–Crippen MR) is 148 cm³/mol. The fraction of sp³-hybridized carbons (Fsp3) is 0.357. The Balaban J connectivity index is 1.61. The van der Waals surface area contributed by atoms with Crippen molar-refractivity contribution < 1.29 is 26.7 Å². The number of nitrogens with zero attached hydrogens (tertiary/aromatic N) is 3. The van der Waals surface area contributed by atoms with Crippen molar-refractivity contribution in [1.82, 2.24) is 9.21 Å². The van der Waals surface area contributed by atoms with Crippen LogP contribution in [-0.2, 0) is 22.2 Å². The van der Waals surface area contributed by atoms with Crippen LogP contribution in [0, 0.1) is 0 Å². The summed E-state index contributed by atoms with van der Waals surface area (Å²) >= 11 is 4.35. The Kier molecular flexibility index (Phi) is 8.67. The minimum atomic E-state index is -4.82. The molecule has 0 bridgehead atoms. The molecule has 0 radical (unpaired) electrons. The zero-order valence-corrected chi connectivity index (χ0v) is 23.4. The van der Waals surface area contributed by atoms with Gasteiger partial charge in [-0.25, -0.2) is 8.42 Å². The molecule has 0 aromatic heterocycles. The molecule has 6 nitrogen and oxygen atoms in total. The molecule has 1 aliphatic rings. The van der Waals surface area contributed by atoms with Gasteiger partial charge in [0.1, 0.15) is 0 Å². The fourth-order valence-corrected chi connectivity index (χ4v) is 6.87. The Labute approximate surface area is 233 Å². The first-order valence-corrected chi connectivity index (χ1v) is 14.4. The molecule has 0 unspecified atom stereocenters. The van der Waals surface area contributed by atoms with Crippen LogP contribution in [0.25, 0.3) is 0 Å². The van der Waals surface area contributed by atoms with Gasteiger partial charge in [-0.1, -0.05) is 54.6 Å². The van der Waals surface area contributed by atoms with Gasteiger partial charge in [-0.05, 0) is 49.4 Å². The van der Waals surface area contributed by atoms with Gasteiger partial charge in [0.25, 0.3) is 0 Å². The molecule has 11 heteroatoms. The largest absolute Gasteiger partial charge is 0.421 e. The molecule has 2 atom stereocenters. The first-order chi connectivity index (χ1) is 18.3. The molecule has 0 amide bonds. The summed E-state index contributed by atoms with van der Waals surface area (Å²) < 4.78 is 68.6. The Bertz CT molecular complexity index is 1370. The number of benzene rings is 3. The topological polar surface area (TPSA) is 64.1 Å². The van der Waals surface area contributed by atoms with Gasteiger partial charge in [-0.2, -0.15) is 17.5 Å². The van der Waals surface area contributed by atoms with Crippen LogP contribution in [0.4, 0.5) is 18.9 Å². The summed E-state index contributed by atoms with van der Waals surface area (Å²) in [4.78, 5) is 4.62. The standard InChI is InChI=1S/C28H32F3N3O3S2/c1-27(35,28(29,30)31)22-12-14-23(15-13-22)34-17-16-33(39(36,37)26-11-7-6-10-25(26)38)20-24(34)19-32(2)18-21-8-4-3-5-9-21/h3-15,24,35,38H,16-20H2,1-2H3/t24-,27-/m1/s1. The lowest BCUT2D eigenvalue weighted by Crippen LogP contribution is -2.58. The van der Waals surface area contributed by atoms with Crippen molar-refractivity contribution in [3.05, 3.63) is 90.0 Å². The number of anilines is 1. The van der Waals surface area contributed by atoms with Crippen LogP contribution in [0.3, 0.4) is 0 Å². The molecule has 3 aromatic carbocycles. The van der Waals surface area contributed by atoms with Gasteiger partial charge < -0.3 is 14.9 Å². The van der Waals surface area contributed by atoms with Crippen molar-refractivity contribution in [3.63, 3.8) is 0 Å². The molecule has 1 aliphatic heterocycles. The van der Waals surface area contributed by atoms with Crippen molar-refractivity contribution in [2.45, 2.75) is 41.1 Å². The second-order valence-electron chi connectivity index (χ2n) is 9.98. The van der Waals surface area contributed by atoms with Gasteiger partial charge in [0, 0.05) is 43.3 Å². The van der Waals surface area contributed by atoms with E-state index in [1.165, 1.54) is 22.5 Å².